The minimum absolute atomic E-state index is 0.0489. The third-order valence-corrected chi connectivity index (χ3v) is 10.5. The van der Waals surface area contributed by atoms with E-state index in [1.807, 2.05) is 7.11 Å². The third kappa shape index (κ3) is 4.06. The molecule has 3 aliphatic carbocycles. The lowest BCUT2D eigenvalue weighted by molar-refractivity contribution is 0.0489. The Labute approximate surface area is 225 Å². The van der Waals surface area contributed by atoms with Gasteiger partial charge in [-0.3, -0.25) is 0 Å². The van der Waals surface area contributed by atoms with Crippen molar-refractivity contribution in [3.63, 3.8) is 0 Å². The summed E-state index contributed by atoms with van der Waals surface area (Å²) in [6, 6.07) is 18.4. The number of allylic oxidation sites excluding steroid dienone is 3. The maximum atomic E-state index is 5.87. The van der Waals surface area contributed by atoms with Crippen LogP contribution in [0.25, 0.3) is 11.1 Å². The average molecular weight is 583 g/mol. The SMILES string of the molecule is COC(C)(C)C1=CCC(C2(C3=CCC(C(C)(C)OI)CC3)c3ccccc3-c3ccccc32)CC1. The van der Waals surface area contributed by atoms with Gasteiger partial charge in [0, 0.05) is 12.5 Å². The van der Waals surface area contributed by atoms with Gasteiger partial charge in [0.1, 0.15) is 23.0 Å². The van der Waals surface area contributed by atoms with Crippen LogP contribution in [-0.2, 0) is 13.2 Å². The standard InChI is InChI=1S/C32H39IO2/c1-30(2,34-5)22-14-18-24(19-15-22)32(25-20-16-23(17-21-25)31(3,4)35-33)28-12-8-6-10-26(28)27-11-7-9-13-29(27)32/h6-14,20,23-24H,15-19,21H2,1-5H3. The summed E-state index contributed by atoms with van der Waals surface area (Å²) in [5.41, 5.74) is 8.62. The molecule has 3 aliphatic rings. The van der Waals surface area contributed by atoms with Gasteiger partial charge < -0.3 is 7.80 Å². The highest BCUT2D eigenvalue weighted by molar-refractivity contribution is 14.1. The summed E-state index contributed by atoms with van der Waals surface area (Å²) >= 11 is 2.09. The highest BCUT2D eigenvalue weighted by Crippen LogP contribution is 2.61. The van der Waals surface area contributed by atoms with Gasteiger partial charge in [-0.2, -0.15) is 0 Å². The van der Waals surface area contributed by atoms with E-state index >= 15 is 0 Å². The van der Waals surface area contributed by atoms with Crippen LogP contribution in [0.5, 0.6) is 0 Å². The molecule has 0 fully saturated rings. The Bertz CT molecular complexity index is 1110. The van der Waals surface area contributed by atoms with Gasteiger partial charge in [0.2, 0.25) is 0 Å². The van der Waals surface area contributed by atoms with Crippen LogP contribution in [0.3, 0.4) is 0 Å². The fraction of sp³-hybridized carbons (Fsp3) is 0.500. The fourth-order valence-corrected chi connectivity index (χ4v) is 7.47. The number of halogens is 1. The van der Waals surface area contributed by atoms with Gasteiger partial charge in [-0.25, -0.2) is 0 Å². The van der Waals surface area contributed by atoms with Gasteiger partial charge in [0.05, 0.1) is 11.2 Å². The van der Waals surface area contributed by atoms with E-state index in [0.717, 1.165) is 25.7 Å². The zero-order chi connectivity index (χ0) is 24.8. The molecule has 2 aromatic rings. The monoisotopic (exact) mass is 582 g/mol. The Balaban J connectivity index is 1.64. The van der Waals surface area contributed by atoms with Crippen molar-refractivity contribution in [3.05, 3.63) is 83.0 Å². The van der Waals surface area contributed by atoms with Gasteiger partial charge in [0.15, 0.2) is 0 Å². The van der Waals surface area contributed by atoms with Crippen molar-refractivity contribution in [2.24, 2.45) is 11.8 Å². The van der Waals surface area contributed by atoms with E-state index in [4.69, 9.17) is 7.80 Å². The summed E-state index contributed by atoms with van der Waals surface area (Å²) in [5.74, 6) is 1.09. The molecule has 0 spiro atoms. The molecule has 0 heterocycles. The van der Waals surface area contributed by atoms with Crippen molar-refractivity contribution in [3.8, 4) is 11.1 Å². The lowest BCUT2D eigenvalue weighted by Gasteiger charge is -2.46. The topological polar surface area (TPSA) is 18.5 Å². The molecule has 35 heavy (non-hydrogen) atoms. The highest BCUT2D eigenvalue weighted by Gasteiger charge is 2.51. The van der Waals surface area contributed by atoms with Crippen LogP contribution < -0.4 is 0 Å². The van der Waals surface area contributed by atoms with Crippen LogP contribution >= 0.6 is 23.0 Å². The van der Waals surface area contributed by atoms with Gasteiger partial charge in [-0.1, -0.05) is 66.3 Å². The number of rotatable bonds is 6. The van der Waals surface area contributed by atoms with Crippen molar-refractivity contribution in [1.82, 2.24) is 0 Å². The fourth-order valence-electron chi connectivity index (χ4n) is 7.11. The zero-order valence-electron chi connectivity index (χ0n) is 21.9. The molecule has 0 amide bonds. The molecular weight excluding hydrogens is 543 g/mol. The van der Waals surface area contributed by atoms with Crippen LogP contribution in [0.2, 0.25) is 0 Å². The molecule has 0 saturated carbocycles. The maximum absolute atomic E-state index is 5.87. The molecule has 3 heteroatoms. The normalized spacial score (nSPS) is 23.8. The lowest BCUT2D eigenvalue weighted by atomic mass is 9.57. The smallest absolute Gasteiger partial charge is 0.110 e. The second-order valence-corrected chi connectivity index (χ2v) is 12.1. The lowest BCUT2D eigenvalue weighted by Crippen LogP contribution is -2.41. The summed E-state index contributed by atoms with van der Waals surface area (Å²) < 4.78 is 11.7. The molecule has 2 nitrogen and oxygen atoms in total. The number of fused-ring (bicyclic) bond motifs is 3. The molecule has 2 aromatic carbocycles. The van der Waals surface area contributed by atoms with Crippen LogP contribution in [0, 0.1) is 11.8 Å². The molecule has 0 saturated heterocycles. The van der Waals surface area contributed by atoms with Crippen LogP contribution in [0.1, 0.15) is 77.3 Å². The predicted molar refractivity (Wildman–Crippen MR) is 154 cm³/mol. The second kappa shape index (κ2) is 9.46. The first-order chi connectivity index (χ1) is 16.8. The summed E-state index contributed by atoms with van der Waals surface area (Å²) in [6.07, 6.45) is 11.9. The van der Waals surface area contributed by atoms with Gasteiger partial charge in [-0.05, 0) is 106 Å². The van der Waals surface area contributed by atoms with Crippen molar-refractivity contribution < 1.29 is 7.80 Å². The summed E-state index contributed by atoms with van der Waals surface area (Å²) in [5, 5.41) is 0. The van der Waals surface area contributed by atoms with Gasteiger partial charge >= 0.3 is 0 Å². The van der Waals surface area contributed by atoms with E-state index in [9.17, 15) is 0 Å². The molecule has 186 valence electrons. The molecule has 0 aliphatic heterocycles. The highest BCUT2D eigenvalue weighted by atomic mass is 127. The van der Waals surface area contributed by atoms with Crippen LogP contribution in [0.15, 0.2) is 71.8 Å². The van der Waals surface area contributed by atoms with E-state index in [2.05, 4.69) is 111 Å². The number of hydrogen-bond donors (Lipinski definition) is 0. The summed E-state index contributed by atoms with van der Waals surface area (Å²) in [6.45, 7) is 8.89. The maximum Gasteiger partial charge on any atom is 0.110 e. The number of hydrogen-bond acceptors (Lipinski definition) is 2. The minimum Gasteiger partial charge on any atom is -0.374 e. The molecule has 5 rings (SSSR count). The molecule has 0 N–H and O–H groups in total. The van der Waals surface area contributed by atoms with Crippen LogP contribution in [-0.4, -0.2) is 18.3 Å². The first-order valence-corrected chi connectivity index (χ1v) is 14.1. The van der Waals surface area contributed by atoms with Crippen molar-refractivity contribution >= 4 is 23.0 Å². The minimum atomic E-state index is -0.189. The van der Waals surface area contributed by atoms with Crippen molar-refractivity contribution in [2.75, 3.05) is 7.11 Å². The van der Waals surface area contributed by atoms with Crippen molar-refractivity contribution in [2.45, 2.75) is 82.8 Å². The molecular formula is C32H39IO2. The Hall–Kier alpha value is -1.43. The summed E-state index contributed by atoms with van der Waals surface area (Å²) in [4.78, 5) is 0. The Morgan fingerprint density at radius 1 is 0.829 bits per heavy atom. The molecule has 0 bridgehead atoms. The molecule has 0 aromatic heterocycles. The number of methoxy groups -OCH3 is 1. The largest absolute Gasteiger partial charge is 0.374 e. The Morgan fingerprint density at radius 3 is 1.94 bits per heavy atom. The van der Waals surface area contributed by atoms with E-state index in [1.165, 1.54) is 40.7 Å². The average Bonchev–Trinajstić information content (AvgIpc) is 3.20. The van der Waals surface area contributed by atoms with E-state index < -0.39 is 0 Å². The van der Waals surface area contributed by atoms with E-state index in [0.29, 0.717) is 11.8 Å². The number of benzene rings is 2. The molecule has 0 radical (unpaired) electrons. The molecule has 2 unspecified atom stereocenters. The Kier molecular flexibility index (Phi) is 6.82. The summed E-state index contributed by atoms with van der Waals surface area (Å²) in [7, 11) is 1.84. The zero-order valence-corrected chi connectivity index (χ0v) is 24.0. The second-order valence-electron chi connectivity index (χ2n) is 11.7. The van der Waals surface area contributed by atoms with E-state index in [-0.39, 0.29) is 16.6 Å². The number of ether oxygens (including phenoxy) is 1. The van der Waals surface area contributed by atoms with Crippen molar-refractivity contribution in [1.29, 1.82) is 0 Å². The quantitative estimate of drug-likeness (QED) is 0.250. The Morgan fingerprint density at radius 2 is 1.46 bits per heavy atom. The first kappa shape index (κ1) is 25.2. The molecule has 2 atom stereocenters. The predicted octanol–water partition coefficient (Wildman–Crippen LogP) is 8.98. The van der Waals surface area contributed by atoms with Gasteiger partial charge in [-0.15, -0.1) is 0 Å². The first-order valence-electron chi connectivity index (χ1n) is 13.2. The van der Waals surface area contributed by atoms with E-state index in [1.54, 1.807) is 5.57 Å². The van der Waals surface area contributed by atoms with Gasteiger partial charge in [0.25, 0.3) is 0 Å². The van der Waals surface area contributed by atoms with Crippen LogP contribution in [0.4, 0.5) is 0 Å². The third-order valence-electron chi connectivity index (χ3n) is 9.40.